The molecule has 0 spiro atoms. The molecule has 2 atom stereocenters. The van der Waals surface area contributed by atoms with Crippen molar-refractivity contribution in [3.8, 4) is 0 Å². The fraction of sp³-hybridized carbons (Fsp3) is 0.909. The highest BCUT2D eigenvalue weighted by molar-refractivity contribution is 5.84. The van der Waals surface area contributed by atoms with Crippen LogP contribution >= 0.6 is 0 Å². The Morgan fingerprint density at radius 3 is 1.29 bits per heavy atom. The predicted molar refractivity (Wildman–Crippen MR) is 55.9 cm³/mol. The van der Waals surface area contributed by atoms with Gasteiger partial charge in [-0.3, -0.25) is 4.79 Å². The maximum atomic E-state index is 11.8. The van der Waals surface area contributed by atoms with Gasteiger partial charge in [-0.05, 0) is 27.7 Å². The average molecular weight is 202 g/mol. The Labute approximate surface area is 86.1 Å². The first-order chi connectivity index (χ1) is 5.98. The number of hydrogen-bond donors (Lipinski definition) is 2. The number of aliphatic hydroxyl groups is 2. The average Bonchev–Trinajstić information content (AvgIpc) is 1.97. The van der Waals surface area contributed by atoms with Crippen LogP contribution in [0.5, 0.6) is 0 Å². The van der Waals surface area contributed by atoms with Crippen molar-refractivity contribution < 1.29 is 15.0 Å². The predicted octanol–water partition coefficient (Wildman–Crippen LogP) is 1.37. The minimum Gasteiger partial charge on any atom is -0.390 e. The molecule has 0 aliphatic carbocycles. The Balaban J connectivity index is 4.65. The van der Waals surface area contributed by atoms with E-state index in [1.807, 2.05) is 0 Å². The van der Waals surface area contributed by atoms with Crippen LogP contribution in [0, 0.1) is 11.8 Å². The van der Waals surface area contributed by atoms with Gasteiger partial charge in [0.15, 0.2) is 0 Å². The summed E-state index contributed by atoms with van der Waals surface area (Å²) in [4.78, 5) is 11.8. The first-order valence-electron chi connectivity index (χ1n) is 4.96. The lowest BCUT2D eigenvalue weighted by Gasteiger charge is -2.31. The third-order valence-electron chi connectivity index (χ3n) is 2.97. The molecule has 0 amide bonds. The van der Waals surface area contributed by atoms with E-state index < -0.39 is 23.0 Å². The first kappa shape index (κ1) is 13.6. The van der Waals surface area contributed by atoms with E-state index in [0.717, 1.165) is 0 Å². The molecule has 84 valence electrons. The summed E-state index contributed by atoms with van der Waals surface area (Å²) < 4.78 is 0. The number of ketones is 1. The first-order valence-corrected chi connectivity index (χ1v) is 4.96. The molecule has 2 N–H and O–H groups in total. The molecule has 3 nitrogen and oxygen atoms in total. The fourth-order valence-corrected chi connectivity index (χ4v) is 1.07. The van der Waals surface area contributed by atoms with E-state index in [4.69, 9.17) is 0 Å². The van der Waals surface area contributed by atoms with Gasteiger partial charge in [0, 0.05) is 11.8 Å². The van der Waals surface area contributed by atoms with Crippen molar-refractivity contribution in [1.82, 2.24) is 0 Å². The highest BCUT2D eigenvalue weighted by Gasteiger charge is 2.37. The molecule has 0 aromatic heterocycles. The second-order valence-electron chi connectivity index (χ2n) is 5.15. The molecule has 0 fully saturated rings. The lowest BCUT2D eigenvalue weighted by Crippen LogP contribution is -2.43. The van der Waals surface area contributed by atoms with Crippen LogP contribution in [0.3, 0.4) is 0 Å². The van der Waals surface area contributed by atoms with Crippen LogP contribution in [-0.4, -0.2) is 27.2 Å². The van der Waals surface area contributed by atoms with Crippen molar-refractivity contribution in [2.45, 2.75) is 52.7 Å². The Kier molecular flexibility index (Phi) is 3.87. The Morgan fingerprint density at radius 1 is 0.929 bits per heavy atom. The van der Waals surface area contributed by atoms with Crippen molar-refractivity contribution in [1.29, 1.82) is 0 Å². The van der Waals surface area contributed by atoms with Crippen molar-refractivity contribution in [3.05, 3.63) is 0 Å². The van der Waals surface area contributed by atoms with Gasteiger partial charge in [0.1, 0.15) is 5.78 Å². The summed E-state index contributed by atoms with van der Waals surface area (Å²) in [6, 6.07) is 0. The van der Waals surface area contributed by atoms with Crippen LogP contribution in [0.4, 0.5) is 0 Å². The molecule has 3 heteroatoms. The molecule has 0 heterocycles. The quantitative estimate of drug-likeness (QED) is 0.724. The van der Waals surface area contributed by atoms with Crippen LogP contribution < -0.4 is 0 Å². The van der Waals surface area contributed by atoms with Gasteiger partial charge in [0.25, 0.3) is 0 Å². The number of Topliss-reactive ketones (excluding diaryl/α,β-unsaturated/α-hetero) is 1. The van der Waals surface area contributed by atoms with Gasteiger partial charge in [0.2, 0.25) is 0 Å². The summed E-state index contributed by atoms with van der Waals surface area (Å²) in [7, 11) is 0. The van der Waals surface area contributed by atoms with E-state index in [-0.39, 0.29) is 5.78 Å². The molecule has 0 aliphatic heterocycles. The molecule has 0 aromatic rings. The minimum atomic E-state index is -1.03. The van der Waals surface area contributed by atoms with E-state index in [1.54, 1.807) is 41.5 Å². The van der Waals surface area contributed by atoms with Gasteiger partial charge in [0.05, 0.1) is 11.2 Å². The maximum Gasteiger partial charge on any atom is 0.144 e. The third kappa shape index (κ3) is 3.39. The van der Waals surface area contributed by atoms with E-state index in [1.165, 1.54) is 0 Å². The minimum absolute atomic E-state index is 0.106. The lowest BCUT2D eigenvalue weighted by molar-refractivity contribution is -0.139. The topological polar surface area (TPSA) is 57.5 Å². The highest BCUT2D eigenvalue weighted by atomic mass is 16.3. The molecule has 0 bridgehead atoms. The zero-order valence-electron chi connectivity index (χ0n) is 9.96. The van der Waals surface area contributed by atoms with Crippen molar-refractivity contribution >= 4 is 5.78 Å². The fourth-order valence-electron chi connectivity index (χ4n) is 1.07. The van der Waals surface area contributed by atoms with E-state index in [0.29, 0.717) is 0 Å². The van der Waals surface area contributed by atoms with Crippen LogP contribution in [0.2, 0.25) is 0 Å². The third-order valence-corrected chi connectivity index (χ3v) is 2.97. The SMILES string of the molecule is CC(C(=O)C(C)C(C)(C)O)C(C)(C)O. The molecule has 0 rings (SSSR count). The van der Waals surface area contributed by atoms with Crippen LogP contribution in [0.15, 0.2) is 0 Å². The van der Waals surface area contributed by atoms with Crippen LogP contribution in [0.25, 0.3) is 0 Å². The van der Waals surface area contributed by atoms with Crippen LogP contribution in [-0.2, 0) is 4.79 Å². The van der Waals surface area contributed by atoms with Crippen molar-refractivity contribution in [2.24, 2.45) is 11.8 Å². The highest BCUT2D eigenvalue weighted by Crippen LogP contribution is 2.25. The molecular formula is C11H22O3. The molecule has 0 saturated heterocycles. The molecular weight excluding hydrogens is 180 g/mol. The molecule has 0 aliphatic rings. The maximum absolute atomic E-state index is 11.8. The lowest BCUT2D eigenvalue weighted by atomic mass is 9.78. The van der Waals surface area contributed by atoms with Gasteiger partial charge in [-0.2, -0.15) is 0 Å². The van der Waals surface area contributed by atoms with E-state index in [9.17, 15) is 15.0 Å². The van der Waals surface area contributed by atoms with Crippen LogP contribution in [0.1, 0.15) is 41.5 Å². The number of carbonyl (C=O) groups is 1. The van der Waals surface area contributed by atoms with Crippen molar-refractivity contribution in [3.63, 3.8) is 0 Å². The van der Waals surface area contributed by atoms with Gasteiger partial charge in [-0.1, -0.05) is 13.8 Å². The van der Waals surface area contributed by atoms with Gasteiger partial charge in [-0.15, -0.1) is 0 Å². The number of carbonyl (C=O) groups excluding carboxylic acids is 1. The zero-order chi connectivity index (χ0) is 11.7. The summed E-state index contributed by atoms with van der Waals surface area (Å²) in [6.07, 6.45) is 0. The number of rotatable bonds is 4. The molecule has 14 heavy (non-hydrogen) atoms. The Bertz CT molecular complexity index is 186. The summed E-state index contributed by atoms with van der Waals surface area (Å²) in [5.74, 6) is -1.04. The second kappa shape index (κ2) is 3.99. The normalized spacial score (nSPS) is 17.7. The van der Waals surface area contributed by atoms with E-state index in [2.05, 4.69) is 0 Å². The molecule has 0 saturated carbocycles. The Morgan fingerprint density at radius 2 is 1.14 bits per heavy atom. The Hall–Kier alpha value is -0.410. The van der Waals surface area contributed by atoms with Crippen molar-refractivity contribution in [2.75, 3.05) is 0 Å². The zero-order valence-corrected chi connectivity index (χ0v) is 9.96. The summed E-state index contributed by atoms with van der Waals surface area (Å²) in [5.41, 5.74) is -2.06. The molecule has 2 unspecified atom stereocenters. The smallest absolute Gasteiger partial charge is 0.144 e. The van der Waals surface area contributed by atoms with Gasteiger partial charge in [-0.25, -0.2) is 0 Å². The van der Waals surface area contributed by atoms with Gasteiger partial charge < -0.3 is 10.2 Å². The molecule has 0 aromatic carbocycles. The van der Waals surface area contributed by atoms with E-state index >= 15 is 0 Å². The van der Waals surface area contributed by atoms with Gasteiger partial charge >= 0.3 is 0 Å². The summed E-state index contributed by atoms with van der Waals surface area (Å²) in [6.45, 7) is 9.79. The summed E-state index contributed by atoms with van der Waals surface area (Å²) in [5, 5.41) is 19.3. The molecule has 0 radical (unpaired) electrons. The standard InChI is InChI=1S/C11H22O3/c1-7(10(3,4)13)9(12)8(2)11(5,6)14/h7-8,13-14H,1-6H3. The second-order valence-corrected chi connectivity index (χ2v) is 5.15. The summed E-state index contributed by atoms with van der Waals surface area (Å²) >= 11 is 0. The largest absolute Gasteiger partial charge is 0.390 e. The number of hydrogen-bond acceptors (Lipinski definition) is 3. The monoisotopic (exact) mass is 202 g/mol.